The Labute approximate surface area is 152 Å². The van der Waals surface area contributed by atoms with Crippen LogP contribution in [0.3, 0.4) is 0 Å². The highest BCUT2D eigenvalue weighted by atomic mass is 32.2. The number of nitrogens with one attached hydrogen (secondary N) is 2. The average molecular weight is 354 g/mol. The summed E-state index contributed by atoms with van der Waals surface area (Å²) >= 11 is 1.72. The zero-order valence-corrected chi connectivity index (χ0v) is 14.9. The predicted molar refractivity (Wildman–Crippen MR) is 105 cm³/mol. The maximum atomic E-state index is 12.1. The van der Waals surface area contributed by atoms with E-state index in [-0.39, 0.29) is 11.8 Å². The Hall–Kier alpha value is -2.53. The predicted octanol–water partition coefficient (Wildman–Crippen LogP) is 3.86. The average Bonchev–Trinajstić information content (AvgIpc) is 2.64. The van der Waals surface area contributed by atoms with Crippen LogP contribution >= 0.6 is 11.8 Å². The lowest BCUT2D eigenvalue weighted by Crippen LogP contribution is -2.25. The van der Waals surface area contributed by atoms with Gasteiger partial charge in [-0.1, -0.05) is 48.5 Å². The van der Waals surface area contributed by atoms with Gasteiger partial charge in [0.15, 0.2) is 0 Å². The third kappa shape index (κ3) is 6.47. The molecule has 0 heterocycles. The van der Waals surface area contributed by atoms with E-state index in [2.05, 4.69) is 29.3 Å². The third-order valence-electron chi connectivity index (χ3n) is 3.44. The fourth-order valence-corrected chi connectivity index (χ4v) is 3.09. The van der Waals surface area contributed by atoms with Crippen LogP contribution in [0, 0.1) is 0 Å². The zero-order valence-electron chi connectivity index (χ0n) is 14.0. The molecule has 5 heteroatoms. The highest BCUT2D eigenvalue weighted by Crippen LogP contribution is 2.17. The van der Waals surface area contributed by atoms with E-state index in [1.54, 1.807) is 42.1 Å². The van der Waals surface area contributed by atoms with E-state index in [4.69, 9.17) is 0 Å². The second kappa shape index (κ2) is 10.4. The van der Waals surface area contributed by atoms with Gasteiger partial charge in [0.25, 0.3) is 5.91 Å². The van der Waals surface area contributed by atoms with Crippen molar-refractivity contribution in [1.82, 2.24) is 5.32 Å². The van der Waals surface area contributed by atoms with Crippen LogP contribution in [0.4, 0.5) is 5.69 Å². The second-order valence-corrected chi connectivity index (χ2v) is 6.49. The minimum absolute atomic E-state index is 0.0930. The molecule has 0 aromatic heterocycles. The molecular weight excluding hydrogens is 332 g/mol. The summed E-state index contributed by atoms with van der Waals surface area (Å²) in [6, 6.07) is 17.2. The van der Waals surface area contributed by atoms with Gasteiger partial charge in [-0.15, -0.1) is 6.58 Å². The summed E-state index contributed by atoms with van der Waals surface area (Å²) in [5, 5.41) is 5.55. The monoisotopic (exact) mass is 354 g/mol. The van der Waals surface area contributed by atoms with Gasteiger partial charge in [-0.25, -0.2) is 0 Å². The Morgan fingerprint density at radius 1 is 1.04 bits per heavy atom. The van der Waals surface area contributed by atoms with Crippen molar-refractivity contribution < 1.29 is 9.59 Å². The Bertz CT molecular complexity index is 717. The molecule has 0 unspecified atom stereocenters. The van der Waals surface area contributed by atoms with Crippen molar-refractivity contribution in [3.05, 3.63) is 78.4 Å². The number of para-hydroxylation sites is 1. The number of anilines is 1. The smallest absolute Gasteiger partial charge is 0.253 e. The molecular formula is C20H22N2O2S. The summed E-state index contributed by atoms with van der Waals surface area (Å²) in [5.74, 6) is 1.29. The number of benzene rings is 2. The van der Waals surface area contributed by atoms with Crippen LogP contribution in [0.1, 0.15) is 22.3 Å². The third-order valence-corrected chi connectivity index (χ3v) is 4.47. The fourth-order valence-electron chi connectivity index (χ4n) is 2.19. The van der Waals surface area contributed by atoms with Gasteiger partial charge in [0, 0.05) is 24.5 Å². The molecule has 2 aromatic rings. The van der Waals surface area contributed by atoms with E-state index in [0.29, 0.717) is 24.2 Å². The number of thioether (sulfide) groups is 1. The van der Waals surface area contributed by atoms with Crippen LogP contribution in [0.15, 0.2) is 67.3 Å². The van der Waals surface area contributed by atoms with Gasteiger partial charge in [-0.3, -0.25) is 9.59 Å². The number of rotatable bonds is 9. The van der Waals surface area contributed by atoms with Crippen LogP contribution in [-0.4, -0.2) is 24.1 Å². The molecule has 2 rings (SSSR count). The van der Waals surface area contributed by atoms with Crippen molar-refractivity contribution in [3.63, 3.8) is 0 Å². The van der Waals surface area contributed by atoms with Crippen LogP contribution in [0.2, 0.25) is 0 Å². The molecule has 0 aliphatic carbocycles. The molecule has 130 valence electrons. The molecule has 0 saturated carbocycles. The van der Waals surface area contributed by atoms with E-state index in [1.807, 2.05) is 18.2 Å². The lowest BCUT2D eigenvalue weighted by atomic mass is 10.1. The fraction of sp³-hybridized carbons (Fsp3) is 0.200. The molecule has 0 fully saturated rings. The summed E-state index contributed by atoms with van der Waals surface area (Å²) in [5.41, 5.74) is 2.23. The summed E-state index contributed by atoms with van der Waals surface area (Å²) in [6.45, 7) is 3.96. The van der Waals surface area contributed by atoms with Gasteiger partial charge in [-0.05, 0) is 17.7 Å². The maximum Gasteiger partial charge on any atom is 0.253 e. The van der Waals surface area contributed by atoms with Crippen molar-refractivity contribution in [1.29, 1.82) is 0 Å². The minimum atomic E-state index is -0.228. The number of hydrogen-bond donors (Lipinski definition) is 2. The first-order valence-corrected chi connectivity index (χ1v) is 9.26. The van der Waals surface area contributed by atoms with E-state index < -0.39 is 0 Å². The molecule has 2 aromatic carbocycles. The molecule has 0 aliphatic rings. The van der Waals surface area contributed by atoms with Gasteiger partial charge >= 0.3 is 0 Å². The number of amides is 2. The summed E-state index contributed by atoms with van der Waals surface area (Å²) < 4.78 is 0. The van der Waals surface area contributed by atoms with E-state index in [1.165, 1.54) is 5.56 Å². The molecule has 0 bridgehead atoms. The quantitative estimate of drug-likeness (QED) is 0.531. The largest absolute Gasteiger partial charge is 0.349 e. The first kappa shape index (κ1) is 18.8. The second-order valence-electron chi connectivity index (χ2n) is 5.38. The lowest BCUT2D eigenvalue weighted by molar-refractivity contribution is -0.115. The molecule has 0 atom stereocenters. The SMILES string of the molecule is C=CCNC(=O)c1ccccc1NC(=O)CCSCc1ccccc1. The van der Waals surface area contributed by atoms with Gasteiger partial charge in [0.2, 0.25) is 5.91 Å². The summed E-state index contributed by atoms with van der Waals surface area (Å²) in [7, 11) is 0. The van der Waals surface area contributed by atoms with Crippen molar-refractivity contribution >= 4 is 29.3 Å². The minimum Gasteiger partial charge on any atom is -0.349 e. The van der Waals surface area contributed by atoms with Crippen molar-refractivity contribution in [3.8, 4) is 0 Å². The first-order valence-electron chi connectivity index (χ1n) is 8.10. The molecule has 0 radical (unpaired) electrons. The zero-order chi connectivity index (χ0) is 17.9. The standard InChI is InChI=1S/C20H22N2O2S/c1-2-13-21-20(24)17-10-6-7-11-18(17)22-19(23)12-14-25-15-16-8-4-3-5-9-16/h2-11H,1,12-15H2,(H,21,24)(H,22,23). The van der Waals surface area contributed by atoms with Crippen LogP contribution in [0.5, 0.6) is 0 Å². The van der Waals surface area contributed by atoms with Gasteiger partial charge in [0.1, 0.15) is 0 Å². The molecule has 25 heavy (non-hydrogen) atoms. The van der Waals surface area contributed by atoms with Crippen LogP contribution in [-0.2, 0) is 10.5 Å². The highest BCUT2D eigenvalue weighted by Gasteiger charge is 2.12. The molecule has 2 amide bonds. The molecule has 2 N–H and O–H groups in total. The van der Waals surface area contributed by atoms with Crippen molar-refractivity contribution in [2.45, 2.75) is 12.2 Å². The molecule has 0 saturated heterocycles. The topological polar surface area (TPSA) is 58.2 Å². The number of hydrogen-bond acceptors (Lipinski definition) is 3. The summed E-state index contributed by atoms with van der Waals surface area (Å²) in [4.78, 5) is 24.2. The van der Waals surface area contributed by atoms with E-state index in [9.17, 15) is 9.59 Å². The number of carbonyl (C=O) groups excluding carboxylic acids is 2. The van der Waals surface area contributed by atoms with Crippen LogP contribution in [0.25, 0.3) is 0 Å². The Morgan fingerprint density at radius 2 is 1.76 bits per heavy atom. The maximum absolute atomic E-state index is 12.1. The van der Waals surface area contributed by atoms with Crippen molar-refractivity contribution in [2.24, 2.45) is 0 Å². The molecule has 4 nitrogen and oxygen atoms in total. The molecule has 0 aliphatic heterocycles. The van der Waals surface area contributed by atoms with Crippen molar-refractivity contribution in [2.75, 3.05) is 17.6 Å². The highest BCUT2D eigenvalue weighted by molar-refractivity contribution is 7.98. The Kier molecular flexibility index (Phi) is 7.79. The van der Waals surface area contributed by atoms with Crippen LogP contribution < -0.4 is 10.6 Å². The lowest BCUT2D eigenvalue weighted by Gasteiger charge is -2.10. The van der Waals surface area contributed by atoms with E-state index in [0.717, 1.165) is 11.5 Å². The normalized spacial score (nSPS) is 10.1. The van der Waals surface area contributed by atoms with Gasteiger partial charge in [-0.2, -0.15) is 11.8 Å². The van der Waals surface area contributed by atoms with Gasteiger partial charge < -0.3 is 10.6 Å². The Morgan fingerprint density at radius 3 is 2.52 bits per heavy atom. The molecule has 0 spiro atoms. The Balaban J connectivity index is 1.82. The first-order chi connectivity index (χ1) is 12.2. The van der Waals surface area contributed by atoms with Gasteiger partial charge in [0.05, 0.1) is 11.3 Å². The summed E-state index contributed by atoms with van der Waals surface area (Å²) in [6.07, 6.45) is 2.02. The number of carbonyl (C=O) groups is 2. The van der Waals surface area contributed by atoms with E-state index >= 15 is 0 Å².